The van der Waals surface area contributed by atoms with Crippen molar-refractivity contribution < 1.29 is 36.2 Å². The highest BCUT2D eigenvalue weighted by Crippen LogP contribution is 2.41. The van der Waals surface area contributed by atoms with Gasteiger partial charge in [-0.15, -0.1) is 13.2 Å². The van der Waals surface area contributed by atoms with Gasteiger partial charge in [0.15, 0.2) is 6.10 Å². The molecule has 3 rings (SSSR count). The zero-order valence-corrected chi connectivity index (χ0v) is 15.4. The average molecular weight is 427 g/mol. The fraction of sp³-hybridized carbons (Fsp3) is 0.190. The molecule has 0 spiro atoms. The first kappa shape index (κ1) is 21.6. The quantitative estimate of drug-likeness (QED) is 0.514. The molecule has 158 valence electrons. The summed E-state index contributed by atoms with van der Waals surface area (Å²) in [7, 11) is 0. The lowest BCUT2D eigenvalue weighted by Gasteiger charge is -2.23. The molecule has 0 aliphatic carbocycles. The number of hydrogen-bond donors (Lipinski definition) is 1. The van der Waals surface area contributed by atoms with Crippen molar-refractivity contribution in [2.45, 2.75) is 25.3 Å². The summed E-state index contributed by atoms with van der Waals surface area (Å²) in [5.41, 5.74) is -0.0606. The Balaban J connectivity index is 1.82. The van der Waals surface area contributed by atoms with E-state index in [1.807, 2.05) is 0 Å². The van der Waals surface area contributed by atoms with Crippen LogP contribution in [0.25, 0.3) is 11.1 Å². The number of halogens is 6. The van der Waals surface area contributed by atoms with Gasteiger partial charge in [-0.05, 0) is 42.3 Å². The van der Waals surface area contributed by atoms with Gasteiger partial charge in [0.25, 0.3) is 0 Å². The smallest absolute Gasteiger partial charge is 0.406 e. The second-order valence-corrected chi connectivity index (χ2v) is 6.55. The van der Waals surface area contributed by atoms with Crippen LogP contribution >= 0.6 is 0 Å². The van der Waals surface area contributed by atoms with E-state index in [0.29, 0.717) is 16.7 Å². The van der Waals surface area contributed by atoms with Crippen molar-refractivity contribution in [2.75, 3.05) is 0 Å². The van der Waals surface area contributed by atoms with E-state index in [9.17, 15) is 31.4 Å². The largest absolute Gasteiger partial charge is 0.573 e. The number of ether oxygens (including phenoxy) is 1. The summed E-state index contributed by atoms with van der Waals surface area (Å²) in [4.78, 5) is 3.66. The Morgan fingerprint density at radius 2 is 1.53 bits per heavy atom. The monoisotopic (exact) mass is 427 g/mol. The molecule has 1 heterocycles. The van der Waals surface area contributed by atoms with Gasteiger partial charge in [-0.1, -0.05) is 30.3 Å². The number of pyridine rings is 1. The van der Waals surface area contributed by atoms with Crippen LogP contribution in [0.5, 0.6) is 5.75 Å². The number of nitrogens with zero attached hydrogens (tertiary/aromatic N) is 1. The number of benzene rings is 2. The molecule has 3 nitrogen and oxygen atoms in total. The van der Waals surface area contributed by atoms with Gasteiger partial charge < -0.3 is 9.84 Å². The first-order chi connectivity index (χ1) is 14.0. The van der Waals surface area contributed by atoms with Crippen molar-refractivity contribution in [1.82, 2.24) is 4.98 Å². The fourth-order valence-electron chi connectivity index (χ4n) is 2.80. The van der Waals surface area contributed by atoms with Gasteiger partial charge in [0.05, 0.1) is 0 Å². The number of aromatic nitrogens is 1. The predicted molar refractivity (Wildman–Crippen MR) is 96.3 cm³/mol. The maximum Gasteiger partial charge on any atom is 0.573 e. The molecule has 0 bridgehead atoms. The molecule has 0 saturated carbocycles. The van der Waals surface area contributed by atoms with Crippen LogP contribution in [0.15, 0.2) is 60.8 Å². The number of rotatable bonds is 5. The number of aliphatic hydroxyl groups excluding tert-OH is 1. The fourth-order valence-corrected chi connectivity index (χ4v) is 2.80. The molecular weight excluding hydrogens is 412 g/mol. The summed E-state index contributed by atoms with van der Waals surface area (Å²) in [6.45, 7) is 1.58. The molecule has 1 N–H and O–H groups in total. The molecule has 0 aliphatic heterocycles. The highest BCUT2D eigenvalue weighted by atomic mass is 19.4. The molecule has 3 aromatic rings. The summed E-state index contributed by atoms with van der Waals surface area (Å²) in [6, 6.07) is 10.5. The highest BCUT2D eigenvalue weighted by Gasteiger charge is 2.44. The van der Waals surface area contributed by atoms with E-state index in [-0.39, 0.29) is 0 Å². The molecule has 0 amide bonds. The molecule has 0 aliphatic rings. The Hall–Kier alpha value is -3.07. The van der Waals surface area contributed by atoms with Gasteiger partial charge in [-0.2, -0.15) is 8.78 Å². The van der Waals surface area contributed by atoms with E-state index in [4.69, 9.17) is 0 Å². The van der Waals surface area contributed by atoms with Gasteiger partial charge in [0.1, 0.15) is 17.3 Å². The Labute approximate surface area is 167 Å². The molecular formula is C21H15F6NO2. The predicted octanol–water partition coefficient (Wildman–Crippen LogP) is 5.92. The van der Waals surface area contributed by atoms with E-state index >= 15 is 0 Å². The molecule has 30 heavy (non-hydrogen) atoms. The molecule has 1 atom stereocenters. The van der Waals surface area contributed by atoms with Crippen LogP contribution in [0.4, 0.5) is 26.3 Å². The molecule has 0 fully saturated rings. The standard InChI is InChI=1S/C21H15F6NO2/c1-12-2-8-16(17(22)10-12)19(29)20(23,24)18-9-5-14(11-28-18)13-3-6-15(7-4-13)30-21(25,26)27/h2-11,19,29H,1H3. The summed E-state index contributed by atoms with van der Waals surface area (Å²) in [5, 5.41) is 10.0. The summed E-state index contributed by atoms with van der Waals surface area (Å²) in [5.74, 6) is -5.26. The van der Waals surface area contributed by atoms with E-state index in [1.54, 1.807) is 6.92 Å². The third-order valence-electron chi connectivity index (χ3n) is 4.32. The lowest BCUT2D eigenvalue weighted by molar-refractivity contribution is -0.274. The molecule has 1 aromatic heterocycles. The zero-order valence-electron chi connectivity index (χ0n) is 15.4. The van der Waals surface area contributed by atoms with Gasteiger partial charge in [0.2, 0.25) is 0 Å². The van der Waals surface area contributed by atoms with E-state index in [0.717, 1.165) is 36.5 Å². The normalized spacial score (nSPS) is 13.2. The summed E-state index contributed by atoms with van der Waals surface area (Å²) >= 11 is 0. The molecule has 0 radical (unpaired) electrons. The molecule has 2 aromatic carbocycles. The minimum Gasteiger partial charge on any atom is -0.406 e. The minimum atomic E-state index is -4.83. The van der Waals surface area contributed by atoms with Crippen LogP contribution in [-0.4, -0.2) is 16.5 Å². The SMILES string of the molecule is Cc1ccc(C(O)C(F)(F)c2ccc(-c3ccc(OC(F)(F)F)cc3)cn2)c(F)c1. The second kappa shape index (κ2) is 7.98. The summed E-state index contributed by atoms with van der Waals surface area (Å²) in [6.07, 6.45) is -6.19. The maximum atomic E-state index is 14.7. The lowest BCUT2D eigenvalue weighted by Crippen LogP contribution is -2.25. The third kappa shape index (κ3) is 4.73. The van der Waals surface area contributed by atoms with Crippen molar-refractivity contribution in [1.29, 1.82) is 0 Å². The number of aliphatic hydroxyl groups is 1. The number of hydrogen-bond acceptors (Lipinski definition) is 3. The van der Waals surface area contributed by atoms with Gasteiger partial charge in [-0.25, -0.2) is 4.39 Å². The first-order valence-corrected chi connectivity index (χ1v) is 8.62. The molecule has 0 saturated heterocycles. The molecule has 1 unspecified atom stereocenters. The highest BCUT2D eigenvalue weighted by molar-refractivity contribution is 5.63. The van der Waals surface area contributed by atoms with Crippen molar-refractivity contribution in [2.24, 2.45) is 0 Å². The number of alkyl halides is 5. The minimum absolute atomic E-state index is 0.351. The maximum absolute atomic E-state index is 14.7. The van der Waals surface area contributed by atoms with Crippen LogP contribution in [0.2, 0.25) is 0 Å². The van der Waals surface area contributed by atoms with Crippen LogP contribution in [0.3, 0.4) is 0 Å². The van der Waals surface area contributed by atoms with Crippen molar-refractivity contribution in [3.8, 4) is 16.9 Å². The Morgan fingerprint density at radius 1 is 0.900 bits per heavy atom. The van der Waals surface area contributed by atoms with E-state index in [2.05, 4.69) is 9.72 Å². The topological polar surface area (TPSA) is 42.4 Å². The average Bonchev–Trinajstić information content (AvgIpc) is 2.67. The Kier molecular flexibility index (Phi) is 5.76. The Morgan fingerprint density at radius 3 is 2.07 bits per heavy atom. The zero-order chi connectivity index (χ0) is 22.1. The first-order valence-electron chi connectivity index (χ1n) is 8.62. The van der Waals surface area contributed by atoms with E-state index in [1.165, 1.54) is 24.3 Å². The van der Waals surface area contributed by atoms with Crippen molar-refractivity contribution in [3.05, 3.63) is 83.4 Å². The van der Waals surface area contributed by atoms with Crippen LogP contribution < -0.4 is 4.74 Å². The second-order valence-electron chi connectivity index (χ2n) is 6.55. The summed E-state index contributed by atoms with van der Waals surface area (Å²) < 4.78 is 83.7. The third-order valence-corrected chi connectivity index (χ3v) is 4.32. The molecule has 9 heteroatoms. The van der Waals surface area contributed by atoms with Gasteiger partial charge in [-0.3, -0.25) is 4.98 Å². The van der Waals surface area contributed by atoms with Crippen LogP contribution in [-0.2, 0) is 5.92 Å². The lowest BCUT2D eigenvalue weighted by atomic mass is 9.98. The van der Waals surface area contributed by atoms with Crippen molar-refractivity contribution in [3.63, 3.8) is 0 Å². The van der Waals surface area contributed by atoms with Crippen LogP contribution in [0.1, 0.15) is 22.9 Å². The number of aryl methyl sites for hydroxylation is 1. The van der Waals surface area contributed by atoms with E-state index < -0.39 is 41.2 Å². The van der Waals surface area contributed by atoms with Crippen molar-refractivity contribution >= 4 is 0 Å². The van der Waals surface area contributed by atoms with Crippen LogP contribution in [0, 0.1) is 12.7 Å². The van der Waals surface area contributed by atoms with Gasteiger partial charge >= 0.3 is 12.3 Å². The Bertz CT molecular complexity index is 1020. The van der Waals surface area contributed by atoms with Gasteiger partial charge in [0, 0.05) is 17.3 Å².